The molecule has 1 aromatic heterocycles. The van der Waals surface area contributed by atoms with Crippen molar-refractivity contribution in [3.8, 4) is 17.2 Å². The number of hydrogen-bond acceptors (Lipinski definition) is 5. The number of carbonyl (C=O) groups excluding carboxylic acids is 1. The molecule has 0 N–H and O–H groups in total. The zero-order chi connectivity index (χ0) is 18.0. The summed E-state index contributed by atoms with van der Waals surface area (Å²) in [6, 6.07) is 9.16. The Balaban J connectivity index is 2.20. The van der Waals surface area contributed by atoms with E-state index in [1.54, 1.807) is 18.2 Å². The number of ketones is 1. The standard InChI is InChI=1S/C19H16FNO4/c1-23-12-4-5-15(20)14(9-12)19(22)18-13-10-17(25-3)16(24-2)8-11(13)6-7-21-18/h4-10H,1-3H3. The lowest BCUT2D eigenvalue weighted by Crippen LogP contribution is -2.08. The van der Waals surface area contributed by atoms with Gasteiger partial charge in [-0.25, -0.2) is 4.39 Å². The Bertz CT molecular complexity index is 956. The second-order valence-corrected chi connectivity index (χ2v) is 5.26. The number of aromatic nitrogens is 1. The first-order valence-corrected chi connectivity index (χ1v) is 7.48. The number of methoxy groups -OCH3 is 3. The van der Waals surface area contributed by atoms with Crippen molar-refractivity contribution in [2.24, 2.45) is 0 Å². The van der Waals surface area contributed by atoms with Crippen LogP contribution in [0.25, 0.3) is 10.8 Å². The van der Waals surface area contributed by atoms with Crippen LogP contribution in [0.2, 0.25) is 0 Å². The maximum absolute atomic E-state index is 14.2. The first-order chi connectivity index (χ1) is 12.1. The minimum absolute atomic E-state index is 0.103. The zero-order valence-corrected chi connectivity index (χ0v) is 14.0. The molecule has 0 atom stereocenters. The Morgan fingerprint density at radius 2 is 1.68 bits per heavy atom. The van der Waals surface area contributed by atoms with Crippen LogP contribution in [-0.2, 0) is 0 Å². The van der Waals surface area contributed by atoms with Crippen LogP contribution < -0.4 is 14.2 Å². The van der Waals surface area contributed by atoms with Gasteiger partial charge in [-0.1, -0.05) is 0 Å². The summed E-state index contributed by atoms with van der Waals surface area (Å²) in [5.74, 6) is 0.221. The maximum atomic E-state index is 14.2. The number of ether oxygens (including phenoxy) is 3. The Kier molecular flexibility index (Phi) is 4.52. The van der Waals surface area contributed by atoms with E-state index in [0.717, 1.165) is 5.39 Å². The Hall–Kier alpha value is -3.15. The number of halogens is 1. The number of hydrogen-bond donors (Lipinski definition) is 0. The van der Waals surface area contributed by atoms with Crippen molar-refractivity contribution in [1.82, 2.24) is 4.98 Å². The van der Waals surface area contributed by atoms with Crippen LogP contribution in [0.5, 0.6) is 17.2 Å². The Morgan fingerprint density at radius 3 is 2.36 bits per heavy atom. The van der Waals surface area contributed by atoms with Gasteiger partial charge in [0.1, 0.15) is 17.3 Å². The van der Waals surface area contributed by atoms with E-state index in [1.807, 2.05) is 0 Å². The lowest BCUT2D eigenvalue weighted by molar-refractivity contribution is 0.103. The van der Waals surface area contributed by atoms with Gasteiger partial charge in [0.25, 0.3) is 0 Å². The molecule has 25 heavy (non-hydrogen) atoms. The van der Waals surface area contributed by atoms with Gasteiger partial charge in [0.05, 0.1) is 26.9 Å². The van der Waals surface area contributed by atoms with Crippen LogP contribution in [0.3, 0.4) is 0 Å². The summed E-state index contributed by atoms with van der Waals surface area (Å²) in [5, 5.41) is 1.28. The van der Waals surface area contributed by atoms with Gasteiger partial charge >= 0.3 is 0 Å². The summed E-state index contributed by atoms with van der Waals surface area (Å²) >= 11 is 0. The Morgan fingerprint density at radius 1 is 0.960 bits per heavy atom. The number of fused-ring (bicyclic) bond motifs is 1. The van der Waals surface area contributed by atoms with Gasteiger partial charge in [-0.15, -0.1) is 0 Å². The Labute approximate surface area is 144 Å². The first kappa shape index (κ1) is 16.7. The number of carbonyl (C=O) groups is 1. The molecule has 0 fully saturated rings. The fourth-order valence-corrected chi connectivity index (χ4v) is 2.61. The molecule has 0 unspecified atom stereocenters. The van der Waals surface area contributed by atoms with Crippen LogP contribution in [0.1, 0.15) is 16.1 Å². The number of nitrogens with zero attached hydrogens (tertiary/aromatic N) is 1. The molecule has 1 heterocycles. The largest absolute Gasteiger partial charge is 0.497 e. The van der Waals surface area contributed by atoms with E-state index in [1.165, 1.54) is 45.7 Å². The summed E-state index contributed by atoms with van der Waals surface area (Å²) in [6.07, 6.45) is 1.50. The molecule has 0 spiro atoms. The van der Waals surface area contributed by atoms with Crippen molar-refractivity contribution in [3.05, 3.63) is 59.7 Å². The van der Waals surface area contributed by atoms with Gasteiger partial charge in [-0.05, 0) is 41.8 Å². The zero-order valence-electron chi connectivity index (χ0n) is 14.0. The molecule has 0 aliphatic rings. The van der Waals surface area contributed by atoms with E-state index in [2.05, 4.69) is 4.98 Å². The average molecular weight is 341 g/mol. The van der Waals surface area contributed by atoms with E-state index >= 15 is 0 Å². The van der Waals surface area contributed by atoms with E-state index in [0.29, 0.717) is 22.6 Å². The third kappa shape index (κ3) is 2.98. The molecule has 5 nitrogen and oxygen atoms in total. The summed E-state index contributed by atoms with van der Waals surface area (Å²) in [6.45, 7) is 0. The lowest BCUT2D eigenvalue weighted by atomic mass is 10.0. The molecule has 0 aliphatic carbocycles. The quantitative estimate of drug-likeness (QED) is 0.663. The molecule has 0 amide bonds. The normalized spacial score (nSPS) is 10.6. The molecule has 6 heteroatoms. The highest BCUT2D eigenvalue weighted by Crippen LogP contribution is 2.34. The van der Waals surface area contributed by atoms with E-state index in [9.17, 15) is 9.18 Å². The van der Waals surface area contributed by atoms with Crippen LogP contribution in [0.15, 0.2) is 42.6 Å². The van der Waals surface area contributed by atoms with Crippen LogP contribution >= 0.6 is 0 Å². The second-order valence-electron chi connectivity index (χ2n) is 5.26. The fraction of sp³-hybridized carbons (Fsp3) is 0.158. The molecule has 3 aromatic rings. The molecule has 0 radical (unpaired) electrons. The van der Waals surface area contributed by atoms with Gasteiger partial charge in [0.2, 0.25) is 5.78 Å². The monoisotopic (exact) mass is 341 g/mol. The van der Waals surface area contributed by atoms with Gasteiger partial charge in [0, 0.05) is 11.6 Å². The SMILES string of the molecule is COc1ccc(F)c(C(=O)c2nccc3cc(OC)c(OC)cc23)c1. The summed E-state index contributed by atoms with van der Waals surface area (Å²) in [7, 11) is 4.49. The predicted octanol–water partition coefficient (Wildman–Crippen LogP) is 3.63. The number of benzene rings is 2. The topological polar surface area (TPSA) is 57.7 Å². The first-order valence-electron chi connectivity index (χ1n) is 7.48. The molecular weight excluding hydrogens is 325 g/mol. The summed E-state index contributed by atoms with van der Waals surface area (Å²) < 4.78 is 29.8. The predicted molar refractivity (Wildman–Crippen MR) is 91.2 cm³/mol. The van der Waals surface area contributed by atoms with Crippen LogP contribution in [-0.4, -0.2) is 32.1 Å². The van der Waals surface area contributed by atoms with Crippen molar-refractivity contribution in [2.45, 2.75) is 0 Å². The molecule has 2 aromatic carbocycles. The van der Waals surface area contributed by atoms with E-state index in [4.69, 9.17) is 14.2 Å². The van der Waals surface area contributed by atoms with Crippen molar-refractivity contribution >= 4 is 16.6 Å². The van der Waals surface area contributed by atoms with Crippen LogP contribution in [0, 0.1) is 5.82 Å². The molecule has 0 aliphatic heterocycles. The van der Waals surface area contributed by atoms with E-state index in [-0.39, 0.29) is 11.3 Å². The number of rotatable bonds is 5. The fourth-order valence-electron chi connectivity index (χ4n) is 2.61. The second kappa shape index (κ2) is 6.76. The minimum atomic E-state index is -0.634. The van der Waals surface area contributed by atoms with Gasteiger partial charge in [-0.2, -0.15) is 0 Å². The van der Waals surface area contributed by atoms with Gasteiger partial charge in [0.15, 0.2) is 11.5 Å². The highest BCUT2D eigenvalue weighted by Gasteiger charge is 2.20. The average Bonchev–Trinajstić information content (AvgIpc) is 2.66. The lowest BCUT2D eigenvalue weighted by Gasteiger charge is -2.11. The van der Waals surface area contributed by atoms with Crippen molar-refractivity contribution < 1.29 is 23.4 Å². The summed E-state index contributed by atoms with van der Waals surface area (Å²) in [5.41, 5.74) is 0.0275. The molecule has 3 rings (SSSR count). The van der Waals surface area contributed by atoms with Crippen molar-refractivity contribution in [2.75, 3.05) is 21.3 Å². The molecule has 0 saturated carbocycles. The maximum Gasteiger partial charge on any atom is 0.215 e. The highest BCUT2D eigenvalue weighted by atomic mass is 19.1. The smallest absolute Gasteiger partial charge is 0.215 e. The molecule has 0 bridgehead atoms. The van der Waals surface area contributed by atoms with Gasteiger partial charge < -0.3 is 14.2 Å². The highest BCUT2D eigenvalue weighted by molar-refractivity contribution is 6.15. The number of pyridine rings is 1. The van der Waals surface area contributed by atoms with Crippen molar-refractivity contribution in [3.63, 3.8) is 0 Å². The summed E-state index contributed by atoms with van der Waals surface area (Å²) in [4.78, 5) is 17.0. The third-order valence-electron chi connectivity index (χ3n) is 3.90. The molecule has 128 valence electrons. The minimum Gasteiger partial charge on any atom is -0.497 e. The van der Waals surface area contributed by atoms with Crippen molar-refractivity contribution in [1.29, 1.82) is 0 Å². The third-order valence-corrected chi connectivity index (χ3v) is 3.90. The van der Waals surface area contributed by atoms with Crippen LogP contribution in [0.4, 0.5) is 4.39 Å². The molecule has 0 saturated heterocycles. The van der Waals surface area contributed by atoms with E-state index < -0.39 is 11.6 Å². The van der Waals surface area contributed by atoms with Gasteiger partial charge in [-0.3, -0.25) is 9.78 Å². The molecular formula is C19H16FNO4.